The summed E-state index contributed by atoms with van der Waals surface area (Å²) in [5.41, 5.74) is 0. The van der Waals surface area contributed by atoms with Crippen molar-refractivity contribution >= 4 is 5.97 Å². The average Bonchev–Trinajstić information content (AvgIpc) is 1.69. The van der Waals surface area contributed by atoms with Crippen LogP contribution in [0, 0.1) is 0 Å². The second-order valence-electron chi connectivity index (χ2n) is 0.960. The van der Waals surface area contributed by atoms with Gasteiger partial charge in [0.15, 0.2) is 0 Å². The molecule has 0 aliphatic rings. The van der Waals surface area contributed by atoms with Crippen LogP contribution in [0.4, 0.5) is 0 Å². The van der Waals surface area contributed by atoms with Crippen LogP contribution in [-0.2, 0) is 4.79 Å². The standard InChI is InChI=1S/C3H6.C2H4O3.H3N/c1-3-2;3-1-2(4)5;/h3H,1H2,2H3;3H,1H2,(H,4,5);1H3. The fraction of sp³-hybridized carbons (Fsp3) is 0.400. The number of carboxylic acids is 1. The number of hydrogen-bond donors (Lipinski definition) is 3. The fourth-order valence-corrected chi connectivity index (χ4v) is 0. The third kappa shape index (κ3) is 147. The largest absolute Gasteiger partial charge is 0.480 e. The molecule has 4 nitrogen and oxygen atoms in total. The Kier molecular flexibility index (Phi) is 27.4. The van der Waals surface area contributed by atoms with Crippen molar-refractivity contribution in [2.75, 3.05) is 6.61 Å². The van der Waals surface area contributed by atoms with E-state index in [1.54, 1.807) is 6.08 Å². The highest BCUT2D eigenvalue weighted by Gasteiger charge is 1.82. The van der Waals surface area contributed by atoms with Crippen LogP contribution in [0.1, 0.15) is 6.92 Å². The number of allylic oxidation sites excluding steroid dienone is 1. The second-order valence-corrected chi connectivity index (χ2v) is 0.960. The van der Waals surface area contributed by atoms with Crippen molar-refractivity contribution in [3.05, 3.63) is 12.7 Å². The molecular formula is C5H13NO3. The van der Waals surface area contributed by atoms with Crippen molar-refractivity contribution in [1.29, 1.82) is 0 Å². The van der Waals surface area contributed by atoms with Crippen molar-refractivity contribution in [2.45, 2.75) is 6.92 Å². The lowest BCUT2D eigenvalue weighted by Gasteiger charge is -1.72. The van der Waals surface area contributed by atoms with E-state index in [-0.39, 0.29) is 6.15 Å². The van der Waals surface area contributed by atoms with Gasteiger partial charge in [0.1, 0.15) is 6.61 Å². The maximum absolute atomic E-state index is 9.12. The van der Waals surface area contributed by atoms with E-state index in [9.17, 15) is 0 Å². The molecule has 0 atom stereocenters. The minimum atomic E-state index is -1.19. The summed E-state index contributed by atoms with van der Waals surface area (Å²) in [4.78, 5) is 9.12. The molecule has 0 saturated carbocycles. The average molecular weight is 135 g/mol. The van der Waals surface area contributed by atoms with Crippen molar-refractivity contribution in [2.24, 2.45) is 0 Å². The van der Waals surface area contributed by atoms with Crippen molar-refractivity contribution in [3.8, 4) is 0 Å². The molecule has 0 fully saturated rings. The number of carboxylic acid groups (broad SMARTS) is 1. The Morgan fingerprint density at radius 3 is 1.89 bits per heavy atom. The lowest BCUT2D eigenvalue weighted by Crippen LogP contribution is -1.98. The van der Waals surface area contributed by atoms with Gasteiger partial charge in [0.25, 0.3) is 0 Å². The van der Waals surface area contributed by atoms with E-state index >= 15 is 0 Å². The molecule has 5 N–H and O–H groups in total. The molecule has 0 amide bonds. The van der Waals surface area contributed by atoms with E-state index in [1.807, 2.05) is 6.92 Å². The molecule has 0 aromatic heterocycles. The lowest BCUT2D eigenvalue weighted by molar-refractivity contribution is -0.140. The van der Waals surface area contributed by atoms with E-state index in [4.69, 9.17) is 15.0 Å². The Hall–Kier alpha value is -0.870. The van der Waals surface area contributed by atoms with Gasteiger partial charge in [-0.2, -0.15) is 0 Å². The first kappa shape index (κ1) is 15.7. The predicted octanol–water partition coefficient (Wildman–Crippen LogP) is 0.418. The fourth-order valence-electron chi connectivity index (χ4n) is 0. The van der Waals surface area contributed by atoms with E-state index in [0.29, 0.717) is 0 Å². The highest BCUT2D eigenvalue weighted by Crippen LogP contribution is 1.48. The molecule has 0 heterocycles. The lowest BCUT2D eigenvalue weighted by atomic mass is 10.8. The van der Waals surface area contributed by atoms with Crippen molar-refractivity contribution in [1.82, 2.24) is 6.15 Å². The topological polar surface area (TPSA) is 92.5 Å². The summed E-state index contributed by atoms with van der Waals surface area (Å²) < 4.78 is 0. The van der Waals surface area contributed by atoms with Gasteiger partial charge >= 0.3 is 5.97 Å². The quantitative estimate of drug-likeness (QED) is 0.454. The molecule has 0 bridgehead atoms. The number of aliphatic carboxylic acids is 1. The third-order valence-corrected chi connectivity index (χ3v) is 0.135. The first-order valence-electron chi connectivity index (χ1n) is 2.08. The zero-order chi connectivity index (χ0) is 6.99. The van der Waals surface area contributed by atoms with E-state index in [0.717, 1.165) is 0 Å². The van der Waals surface area contributed by atoms with Crippen LogP contribution >= 0.6 is 0 Å². The number of aliphatic hydroxyl groups is 1. The summed E-state index contributed by atoms with van der Waals surface area (Å²) >= 11 is 0. The second kappa shape index (κ2) is 15.7. The third-order valence-electron chi connectivity index (χ3n) is 0.135. The summed E-state index contributed by atoms with van der Waals surface area (Å²) in [6.45, 7) is 4.47. The molecular weight excluding hydrogens is 122 g/mol. The van der Waals surface area contributed by atoms with Crippen LogP contribution in [0.2, 0.25) is 0 Å². The van der Waals surface area contributed by atoms with Crippen LogP contribution in [-0.4, -0.2) is 22.8 Å². The molecule has 0 aromatic rings. The molecule has 0 saturated heterocycles. The Morgan fingerprint density at radius 1 is 1.78 bits per heavy atom. The van der Waals surface area contributed by atoms with Crippen LogP contribution in [0.5, 0.6) is 0 Å². The molecule has 0 spiro atoms. The van der Waals surface area contributed by atoms with E-state index in [2.05, 4.69) is 6.58 Å². The Labute approximate surface area is 54.4 Å². The van der Waals surface area contributed by atoms with Crippen molar-refractivity contribution in [3.63, 3.8) is 0 Å². The normalized spacial score (nSPS) is 5.56. The van der Waals surface area contributed by atoms with Gasteiger partial charge in [0, 0.05) is 0 Å². The van der Waals surface area contributed by atoms with Crippen LogP contribution < -0.4 is 6.15 Å². The number of carbonyl (C=O) groups is 1. The maximum Gasteiger partial charge on any atom is 0.329 e. The Bertz CT molecular complexity index is 72.6. The zero-order valence-electron chi connectivity index (χ0n) is 5.50. The highest BCUT2D eigenvalue weighted by atomic mass is 16.4. The summed E-state index contributed by atoms with van der Waals surface area (Å²) in [5, 5.41) is 15.0. The van der Waals surface area contributed by atoms with Gasteiger partial charge in [-0.25, -0.2) is 4.79 Å². The van der Waals surface area contributed by atoms with Crippen molar-refractivity contribution < 1.29 is 15.0 Å². The summed E-state index contributed by atoms with van der Waals surface area (Å²) in [5.74, 6) is -1.19. The summed E-state index contributed by atoms with van der Waals surface area (Å²) in [6, 6.07) is 0. The monoisotopic (exact) mass is 135 g/mol. The smallest absolute Gasteiger partial charge is 0.329 e. The van der Waals surface area contributed by atoms with Crippen LogP contribution in [0.15, 0.2) is 12.7 Å². The molecule has 0 aliphatic heterocycles. The van der Waals surface area contributed by atoms with Gasteiger partial charge in [-0.05, 0) is 6.92 Å². The van der Waals surface area contributed by atoms with Crippen LogP contribution in [0.25, 0.3) is 0 Å². The van der Waals surface area contributed by atoms with Gasteiger partial charge in [0.05, 0.1) is 0 Å². The Morgan fingerprint density at radius 2 is 1.89 bits per heavy atom. The molecule has 4 heteroatoms. The van der Waals surface area contributed by atoms with Gasteiger partial charge in [-0.3, -0.25) is 0 Å². The van der Waals surface area contributed by atoms with Gasteiger partial charge < -0.3 is 16.4 Å². The minimum Gasteiger partial charge on any atom is -0.480 e. The SMILES string of the molecule is C=CC.N.O=C(O)CO. The number of rotatable bonds is 1. The first-order chi connectivity index (χ1) is 3.68. The molecule has 0 aromatic carbocycles. The molecule has 9 heavy (non-hydrogen) atoms. The van der Waals surface area contributed by atoms with Gasteiger partial charge in [-0.15, -0.1) is 6.58 Å². The van der Waals surface area contributed by atoms with Gasteiger partial charge in [0.2, 0.25) is 0 Å². The molecule has 0 radical (unpaired) electrons. The predicted molar refractivity (Wildman–Crippen MR) is 35.6 cm³/mol. The van der Waals surface area contributed by atoms with Gasteiger partial charge in [-0.1, -0.05) is 6.08 Å². The molecule has 0 rings (SSSR count). The maximum atomic E-state index is 9.12. The van der Waals surface area contributed by atoms with E-state index in [1.165, 1.54) is 0 Å². The summed E-state index contributed by atoms with van der Waals surface area (Å²) in [6.07, 6.45) is 1.75. The van der Waals surface area contributed by atoms with Crippen LogP contribution in [0.3, 0.4) is 0 Å². The van der Waals surface area contributed by atoms with E-state index < -0.39 is 12.6 Å². The minimum absolute atomic E-state index is 0. The zero-order valence-corrected chi connectivity index (χ0v) is 5.50. The molecule has 56 valence electrons. The summed E-state index contributed by atoms with van der Waals surface area (Å²) in [7, 11) is 0. The number of hydrogen-bond acceptors (Lipinski definition) is 3. The highest BCUT2D eigenvalue weighted by molar-refractivity contribution is 5.67. The molecule has 0 unspecified atom stereocenters. The first-order valence-corrected chi connectivity index (χ1v) is 2.08. The number of aliphatic hydroxyl groups excluding tert-OH is 1. The Balaban J connectivity index is -0.0000000800. The molecule has 0 aliphatic carbocycles.